The zero-order valence-corrected chi connectivity index (χ0v) is 11.5. The summed E-state index contributed by atoms with van der Waals surface area (Å²) in [7, 11) is 0. The molecule has 1 rings (SSSR count). The summed E-state index contributed by atoms with van der Waals surface area (Å²) in [5.74, 6) is 1.50. The minimum Gasteiger partial charge on any atom is -0.494 e. The Balaban J connectivity index is 2.63. The molecule has 0 aliphatic carbocycles. The van der Waals surface area contributed by atoms with Crippen molar-refractivity contribution < 1.29 is 9.53 Å². The molecular formula is C13H17BrO2. The Labute approximate surface area is 105 Å². The molecule has 1 aromatic rings. The number of benzene rings is 1. The van der Waals surface area contributed by atoms with Crippen LogP contribution in [0.2, 0.25) is 0 Å². The summed E-state index contributed by atoms with van der Waals surface area (Å²) < 4.78 is 6.38. The second-order valence-corrected chi connectivity index (χ2v) is 5.08. The lowest BCUT2D eigenvalue weighted by molar-refractivity contribution is 0.101. The minimum atomic E-state index is 0.0561. The molecule has 0 heterocycles. The maximum atomic E-state index is 11.2. The summed E-state index contributed by atoms with van der Waals surface area (Å²) >= 11 is 3.37. The van der Waals surface area contributed by atoms with Gasteiger partial charge < -0.3 is 4.74 Å². The van der Waals surface area contributed by atoms with Gasteiger partial charge in [0.2, 0.25) is 0 Å². The first kappa shape index (κ1) is 13.2. The highest BCUT2D eigenvalue weighted by molar-refractivity contribution is 9.10. The van der Waals surface area contributed by atoms with Gasteiger partial charge in [-0.1, -0.05) is 13.8 Å². The van der Waals surface area contributed by atoms with Gasteiger partial charge in [0.1, 0.15) is 5.75 Å². The Kier molecular flexibility index (Phi) is 5.00. The molecule has 88 valence electrons. The largest absolute Gasteiger partial charge is 0.494 e. The molecule has 0 fully saturated rings. The smallest absolute Gasteiger partial charge is 0.160 e. The minimum absolute atomic E-state index is 0.0561. The SMILES string of the molecule is CC(=O)c1ccc(OCCC(C)C)cc1Br. The summed E-state index contributed by atoms with van der Waals surface area (Å²) in [5, 5.41) is 0. The van der Waals surface area contributed by atoms with Gasteiger partial charge >= 0.3 is 0 Å². The topological polar surface area (TPSA) is 26.3 Å². The highest BCUT2D eigenvalue weighted by atomic mass is 79.9. The van der Waals surface area contributed by atoms with Crippen molar-refractivity contribution >= 4 is 21.7 Å². The highest BCUT2D eigenvalue weighted by Crippen LogP contribution is 2.23. The van der Waals surface area contributed by atoms with Crippen molar-refractivity contribution in [2.24, 2.45) is 5.92 Å². The molecule has 0 spiro atoms. The van der Waals surface area contributed by atoms with Crippen molar-refractivity contribution in [3.05, 3.63) is 28.2 Å². The Morgan fingerprint density at radius 1 is 1.44 bits per heavy atom. The second kappa shape index (κ2) is 6.04. The third-order valence-electron chi connectivity index (χ3n) is 2.28. The number of ether oxygens (including phenoxy) is 1. The second-order valence-electron chi connectivity index (χ2n) is 4.23. The van der Waals surface area contributed by atoms with Crippen molar-refractivity contribution in [1.29, 1.82) is 0 Å². The first-order valence-electron chi connectivity index (χ1n) is 5.44. The van der Waals surface area contributed by atoms with E-state index < -0.39 is 0 Å². The molecule has 0 atom stereocenters. The van der Waals surface area contributed by atoms with Crippen molar-refractivity contribution in [3.63, 3.8) is 0 Å². The van der Waals surface area contributed by atoms with E-state index in [0.717, 1.165) is 16.6 Å². The lowest BCUT2D eigenvalue weighted by Gasteiger charge is -2.09. The van der Waals surface area contributed by atoms with Crippen LogP contribution in [-0.2, 0) is 0 Å². The number of carbonyl (C=O) groups is 1. The normalized spacial score (nSPS) is 10.6. The summed E-state index contributed by atoms with van der Waals surface area (Å²) in [5.41, 5.74) is 0.691. The number of rotatable bonds is 5. The van der Waals surface area contributed by atoms with E-state index in [0.29, 0.717) is 18.1 Å². The molecule has 0 aliphatic rings. The molecule has 0 saturated carbocycles. The van der Waals surface area contributed by atoms with Gasteiger partial charge in [0.25, 0.3) is 0 Å². The summed E-state index contributed by atoms with van der Waals surface area (Å²) in [4.78, 5) is 11.2. The van der Waals surface area contributed by atoms with Crippen LogP contribution in [0.15, 0.2) is 22.7 Å². The van der Waals surface area contributed by atoms with E-state index in [9.17, 15) is 4.79 Å². The summed E-state index contributed by atoms with van der Waals surface area (Å²) in [6.07, 6.45) is 1.03. The van der Waals surface area contributed by atoms with Gasteiger partial charge in [0.05, 0.1) is 6.61 Å². The van der Waals surface area contributed by atoms with Crippen LogP contribution < -0.4 is 4.74 Å². The third kappa shape index (κ3) is 3.97. The number of ketones is 1. The fourth-order valence-electron chi connectivity index (χ4n) is 1.28. The maximum Gasteiger partial charge on any atom is 0.160 e. The predicted molar refractivity (Wildman–Crippen MR) is 69.1 cm³/mol. The lowest BCUT2D eigenvalue weighted by Crippen LogP contribution is -2.02. The molecule has 0 saturated heterocycles. The van der Waals surface area contributed by atoms with Gasteiger partial charge in [-0.15, -0.1) is 0 Å². The van der Waals surface area contributed by atoms with Crippen LogP contribution in [0.1, 0.15) is 37.6 Å². The summed E-state index contributed by atoms with van der Waals surface area (Å²) in [6, 6.07) is 5.47. The van der Waals surface area contributed by atoms with E-state index >= 15 is 0 Å². The average Bonchev–Trinajstić information content (AvgIpc) is 2.16. The molecule has 0 amide bonds. The first-order valence-corrected chi connectivity index (χ1v) is 6.23. The van der Waals surface area contributed by atoms with Crippen molar-refractivity contribution in [2.45, 2.75) is 27.2 Å². The number of carbonyl (C=O) groups excluding carboxylic acids is 1. The van der Waals surface area contributed by atoms with Crippen LogP contribution in [0.5, 0.6) is 5.75 Å². The van der Waals surface area contributed by atoms with Gasteiger partial charge in [-0.2, -0.15) is 0 Å². The number of Topliss-reactive ketones (excluding diaryl/α,β-unsaturated/α-hetero) is 1. The Bertz CT molecular complexity index is 372. The van der Waals surface area contributed by atoms with E-state index in [1.807, 2.05) is 12.1 Å². The first-order chi connectivity index (χ1) is 7.50. The van der Waals surface area contributed by atoms with E-state index in [2.05, 4.69) is 29.8 Å². The molecule has 0 bridgehead atoms. The Hall–Kier alpha value is -0.830. The Morgan fingerprint density at radius 2 is 2.12 bits per heavy atom. The molecule has 0 aliphatic heterocycles. The maximum absolute atomic E-state index is 11.2. The molecule has 0 unspecified atom stereocenters. The van der Waals surface area contributed by atoms with Crippen molar-refractivity contribution in [3.8, 4) is 5.75 Å². The van der Waals surface area contributed by atoms with E-state index in [1.54, 1.807) is 13.0 Å². The lowest BCUT2D eigenvalue weighted by atomic mass is 10.1. The van der Waals surface area contributed by atoms with Crippen molar-refractivity contribution in [2.75, 3.05) is 6.61 Å². The number of halogens is 1. The highest BCUT2D eigenvalue weighted by Gasteiger charge is 2.06. The fourth-order valence-corrected chi connectivity index (χ4v) is 1.92. The van der Waals surface area contributed by atoms with Crippen LogP contribution in [0, 0.1) is 5.92 Å². The van der Waals surface area contributed by atoms with E-state index in [-0.39, 0.29) is 5.78 Å². The number of hydrogen-bond donors (Lipinski definition) is 0. The van der Waals surface area contributed by atoms with Gasteiger partial charge in [0, 0.05) is 10.0 Å². The Morgan fingerprint density at radius 3 is 2.62 bits per heavy atom. The van der Waals surface area contributed by atoms with Gasteiger partial charge in [-0.05, 0) is 53.4 Å². The molecule has 0 aromatic heterocycles. The van der Waals surface area contributed by atoms with Crippen LogP contribution in [0.25, 0.3) is 0 Å². The van der Waals surface area contributed by atoms with Crippen LogP contribution in [0.3, 0.4) is 0 Å². The van der Waals surface area contributed by atoms with Crippen molar-refractivity contribution in [1.82, 2.24) is 0 Å². The molecule has 16 heavy (non-hydrogen) atoms. The summed E-state index contributed by atoms with van der Waals surface area (Å²) in [6.45, 7) is 6.60. The number of hydrogen-bond acceptors (Lipinski definition) is 2. The molecule has 1 aromatic carbocycles. The zero-order valence-electron chi connectivity index (χ0n) is 9.92. The monoisotopic (exact) mass is 284 g/mol. The molecular weight excluding hydrogens is 268 g/mol. The van der Waals surface area contributed by atoms with Crippen LogP contribution in [-0.4, -0.2) is 12.4 Å². The van der Waals surface area contributed by atoms with E-state index in [4.69, 9.17) is 4.74 Å². The van der Waals surface area contributed by atoms with Gasteiger partial charge in [0.15, 0.2) is 5.78 Å². The average molecular weight is 285 g/mol. The van der Waals surface area contributed by atoms with E-state index in [1.165, 1.54) is 0 Å². The third-order valence-corrected chi connectivity index (χ3v) is 2.94. The van der Waals surface area contributed by atoms with Crippen LogP contribution >= 0.6 is 15.9 Å². The quantitative estimate of drug-likeness (QED) is 0.762. The molecule has 0 N–H and O–H groups in total. The molecule has 2 nitrogen and oxygen atoms in total. The molecule has 0 radical (unpaired) electrons. The predicted octanol–water partition coefficient (Wildman–Crippen LogP) is 4.08. The zero-order chi connectivity index (χ0) is 12.1. The van der Waals surface area contributed by atoms with Gasteiger partial charge in [-0.3, -0.25) is 4.79 Å². The fraction of sp³-hybridized carbons (Fsp3) is 0.462. The van der Waals surface area contributed by atoms with Gasteiger partial charge in [-0.25, -0.2) is 0 Å². The molecule has 3 heteroatoms. The standard InChI is InChI=1S/C13H17BrO2/c1-9(2)6-7-16-11-4-5-12(10(3)15)13(14)8-11/h4-5,8-9H,6-7H2,1-3H3. The van der Waals surface area contributed by atoms with Crippen LogP contribution in [0.4, 0.5) is 0 Å².